The minimum atomic E-state index is -0.694. The summed E-state index contributed by atoms with van der Waals surface area (Å²) in [5, 5.41) is 0. The Balaban J connectivity index is 1.73. The maximum Gasteiger partial charge on any atom is 0.317 e. The highest BCUT2D eigenvalue weighted by atomic mass is 16.6. The van der Waals surface area contributed by atoms with Gasteiger partial charge in [-0.05, 0) is 30.9 Å². The number of fused-ring (bicyclic) bond motifs is 3. The van der Waals surface area contributed by atoms with Crippen molar-refractivity contribution in [3.8, 4) is 0 Å². The van der Waals surface area contributed by atoms with Crippen molar-refractivity contribution in [3.63, 3.8) is 0 Å². The minimum Gasteiger partial charge on any atom is -0.493 e. The minimum absolute atomic E-state index is 0.0315. The molecule has 1 amide bonds. The van der Waals surface area contributed by atoms with Crippen molar-refractivity contribution in [2.45, 2.75) is 38.6 Å². The third-order valence-corrected chi connectivity index (χ3v) is 6.02. The van der Waals surface area contributed by atoms with E-state index in [-0.39, 0.29) is 49.0 Å². The fraction of sp³-hybridized carbons (Fsp3) is 0.500. The van der Waals surface area contributed by atoms with Crippen LogP contribution in [0.1, 0.15) is 38.2 Å². The predicted octanol–water partition coefficient (Wildman–Crippen LogP) is 2.23. The molecular weight excluding hydrogens is 414 g/mol. The molecule has 0 aromatic heterocycles. The smallest absolute Gasteiger partial charge is 0.317 e. The molecule has 2 heterocycles. The average molecular weight is 443 g/mol. The van der Waals surface area contributed by atoms with Crippen molar-refractivity contribution < 1.29 is 33.4 Å². The summed E-state index contributed by atoms with van der Waals surface area (Å²) < 4.78 is 15.1. The molecule has 0 N–H and O–H groups in total. The predicted molar refractivity (Wildman–Crippen MR) is 114 cm³/mol. The van der Waals surface area contributed by atoms with Crippen LogP contribution in [0.2, 0.25) is 0 Å². The fourth-order valence-corrected chi connectivity index (χ4v) is 4.56. The molecule has 3 aliphatic rings. The van der Waals surface area contributed by atoms with Crippen molar-refractivity contribution >= 4 is 23.6 Å². The Labute approximate surface area is 187 Å². The van der Waals surface area contributed by atoms with E-state index in [0.717, 1.165) is 5.56 Å². The van der Waals surface area contributed by atoms with Gasteiger partial charge in [0.2, 0.25) is 11.7 Å². The van der Waals surface area contributed by atoms with Gasteiger partial charge in [-0.3, -0.25) is 19.2 Å². The summed E-state index contributed by atoms with van der Waals surface area (Å²) in [7, 11) is 1.44. The number of ether oxygens (including phenoxy) is 3. The van der Waals surface area contributed by atoms with Gasteiger partial charge < -0.3 is 19.1 Å². The Hall–Kier alpha value is -3.16. The van der Waals surface area contributed by atoms with E-state index < -0.39 is 30.3 Å². The number of hydrogen-bond acceptors (Lipinski definition) is 7. The van der Waals surface area contributed by atoms with Crippen LogP contribution in [0.5, 0.6) is 0 Å². The molecule has 4 atom stereocenters. The first kappa shape index (κ1) is 23.5. The summed E-state index contributed by atoms with van der Waals surface area (Å²) in [6.07, 6.45) is 1.54. The van der Waals surface area contributed by atoms with E-state index in [0.29, 0.717) is 6.42 Å². The fourth-order valence-electron chi connectivity index (χ4n) is 4.56. The molecule has 4 rings (SSSR count). The van der Waals surface area contributed by atoms with Gasteiger partial charge in [-0.1, -0.05) is 37.3 Å². The summed E-state index contributed by atoms with van der Waals surface area (Å²) in [5.74, 6) is -2.20. The molecule has 0 spiro atoms. The molecular formula is C24H29NO7. The quantitative estimate of drug-likeness (QED) is 0.328. The Morgan fingerprint density at radius 3 is 2.41 bits per heavy atom. The Kier molecular flexibility index (Phi) is 7.66. The van der Waals surface area contributed by atoms with Crippen LogP contribution in [-0.4, -0.2) is 61.4 Å². The number of piperidine rings is 1. The SMILES string of the molecule is CCOC(=O)CC(=O)OCCCN1C(=O)[C@H]2C=C(OC)C(=O)[C@@H]1[C@H](c1ccccc1)[C@H]2C. The summed E-state index contributed by atoms with van der Waals surface area (Å²) >= 11 is 0. The molecule has 8 nitrogen and oxygen atoms in total. The number of benzene rings is 1. The zero-order valence-corrected chi connectivity index (χ0v) is 18.6. The number of Topliss-reactive ketones (excluding diaryl/α,β-unsaturated/α-hetero) is 1. The molecule has 8 heteroatoms. The molecule has 2 bridgehead atoms. The van der Waals surface area contributed by atoms with Crippen molar-refractivity contribution in [3.05, 3.63) is 47.7 Å². The molecule has 1 fully saturated rings. The van der Waals surface area contributed by atoms with Crippen LogP contribution >= 0.6 is 0 Å². The largest absolute Gasteiger partial charge is 0.493 e. The second-order valence-corrected chi connectivity index (χ2v) is 7.95. The lowest BCUT2D eigenvalue weighted by atomic mass is 9.71. The van der Waals surface area contributed by atoms with Gasteiger partial charge in [-0.25, -0.2) is 0 Å². The van der Waals surface area contributed by atoms with Gasteiger partial charge >= 0.3 is 11.9 Å². The van der Waals surface area contributed by atoms with E-state index in [1.807, 2.05) is 37.3 Å². The lowest BCUT2D eigenvalue weighted by Crippen LogP contribution is -2.56. The van der Waals surface area contributed by atoms with Crippen molar-refractivity contribution in [2.75, 3.05) is 26.9 Å². The van der Waals surface area contributed by atoms with Gasteiger partial charge in [-0.15, -0.1) is 0 Å². The highest BCUT2D eigenvalue weighted by Crippen LogP contribution is 2.45. The standard InChI is InChI=1S/C24H29NO7/c1-4-31-19(26)14-20(27)32-12-8-11-25-22-21(16-9-6-5-7-10-16)15(2)17(24(25)29)13-18(30-3)23(22)28/h5-7,9-10,13,15,17,21-22H,4,8,11-12,14H2,1-3H3/t15-,17-,21-,22-/m0/s1. The zero-order valence-electron chi connectivity index (χ0n) is 18.6. The van der Waals surface area contributed by atoms with E-state index in [1.54, 1.807) is 17.9 Å². The van der Waals surface area contributed by atoms with Crippen molar-refractivity contribution in [1.29, 1.82) is 0 Å². The van der Waals surface area contributed by atoms with Gasteiger partial charge in [0.05, 0.1) is 26.2 Å². The van der Waals surface area contributed by atoms with E-state index in [4.69, 9.17) is 14.2 Å². The Bertz CT molecular complexity index is 895. The lowest BCUT2D eigenvalue weighted by molar-refractivity contribution is -0.154. The maximum atomic E-state index is 13.3. The molecule has 32 heavy (non-hydrogen) atoms. The van der Waals surface area contributed by atoms with E-state index >= 15 is 0 Å². The number of methoxy groups -OCH3 is 1. The number of carbonyl (C=O) groups is 4. The van der Waals surface area contributed by atoms with Crippen LogP contribution in [0.25, 0.3) is 0 Å². The first-order valence-electron chi connectivity index (χ1n) is 10.9. The number of nitrogens with zero attached hydrogens (tertiary/aromatic N) is 1. The third-order valence-electron chi connectivity index (χ3n) is 6.02. The maximum absolute atomic E-state index is 13.3. The number of amides is 1. The van der Waals surface area contributed by atoms with Crippen molar-refractivity contribution in [2.24, 2.45) is 11.8 Å². The molecule has 1 aromatic carbocycles. The summed E-state index contributed by atoms with van der Waals surface area (Å²) in [6.45, 7) is 4.12. The second kappa shape index (κ2) is 10.4. The molecule has 172 valence electrons. The third kappa shape index (κ3) is 4.84. The zero-order chi connectivity index (χ0) is 23.3. The first-order chi connectivity index (χ1) is 15.4. The summed E-state index contributed by atoms with van der Waals surface area (Å²) in [5.41, 5.74) is 0.993. The first-order valence-corrected chi connectivity index (χ1v) is 10.9. The number of carbonyl (C=O) groups excluding carboxylic acids is 4. The molecule has 0 radical (unpaired) electrons. The van der Waals surface area contributed by atoms with Gasteiger partial charge in [0.25, 0.3) is 0 Å². The molecule has 0 unspecified atom stereocenters. The topological polar surface area (TPSA) is 99.2 Å². The van der Waals surface area contributed by atoms with Gasteiger partial charge in [0.15, 0.2) is 5.76 Å². The van der Waals surface area contributed by atoms with E-state index in [2.05, 4.69) is 0 Å². The van der Waals surface area contributed by atoms with Crippen LogP contribution in [0.15, 0.2) is 42.2 Å². The van der Waals surface area contributed by atoms with Crippen LogP contribution in [0.3, 0.4) is 0 Å². The number of ketones is 1. The highest BCUT2D eigenvalue weighted by molar-refractivity contribution is 6.04. The van der Waals surface area contributed by atoms with Crippen LogP contribution < -0.4 is 0 Å². The lowest BCUT2D eigenvalue weighted by Gasteiger charge is -2.45. The van der Waals surface area contributed by atoms with Crippen LogP contribution in [0.4, 0.5) is 0 Å². The van der Waals surface area contributed by atoms with E-state index in [1.165, 1.54) is 7.11 Å². The molecule has 2 aliphatic heterocycles. The van der Waals surface area contributed by atoms with E-state index in [9.17, 15) is 19.2 Å². The number of hydrogen-bond donors (Lipinski definition) is 0. The molecule has 1 aromatic rings. The second-order valence-electron chi connectivity index (χ2n) is 7.95. The highest BCUT2D eigenvalue weighted by Gasteiger charge is 2.52. The summed E-state index contributed by atoms with van der Waals surface area (Å²) in [4.78, 5) is 51.3. The Morgan fingerprint density at radius 2 is 1.75 bits per heavy atom. The Morgan fingerprint density at radius 1 is 1.06 bits per heavy atom. The van der Waals surface area contributed by atoms with Crippen LogP contribution in [0, 0.1) is 11.8 Å². The summed E-state index contributed by atoms with van der Waals surface area (Å²) in [6, 6.07) is 9.01. The normalized spacial score (nSPS) is 24.6. The van der Waals surface area contributed by atoms with Gasteiger partial charge in [-0.2, -0.15) is 0 Å². The van der Waals surface area contributed by atoms with Gasteiger partial charge in [0.1, 0.15) is 12.5 Å². The molecule has 1 saturated heterocycles. The van der Waals surface area contributed by atoms with Crippen LogP contribution in [-0.2, 0) is 33.4 Å². The van der Waals surface area contributed by atoms with Crippen molar-refractivity contribution in [1.82, 2.24) is 4.90 Å². The number of esters is 2. The molecule has 1 aliphatic carbocycles. The average Bonchev–Trinajstić information content (AvgIpc) is 2.94. The molecule has 0 saturated carbocycles. The van der Waals surface area contributed by atoms with Gasteiger partial charge in [0, 0.05) is 12.5 Å². The monoisotopic (exact) mass is 443 g/mol. The number of rotatable bonds is 9.